The number of nitrogens with one attached hydrogen (secondary N) is 2. The molecule has 2 N–H and O–H groups in total. The average Bonchev–Trinajstić information content (AvgIpc) is 3.28. The molecule has 0 unspecified atom stereocenters. The van der Waals surface area contributed by atoms with Gasteiger partial charge in [-0.25, -0.2) is 9.78 Å². The van der Waals surface area contributed by atoms with E-state index in [9.17, 15) is 9.59 Å². The third-order valence-corrected chi connectivity index (χ3v) is 4.64. The number of amides is 2. The lowest BCUT2D eigenvalue weighted by atomic mass is 10.0. The third kappa shape index (κ3) is 5.62. The molecule has 0 bridgehead atoms. The van der Waals surface area contributed by atoms with Gasteiger partial charge in [-0.15, -0.1) is 0 Å². The minimum Gasteiger partial charge on any atom is -0.444 e. The molecule has 1 atom stereocenters. The number of aryl methyl sites for hydroxylation is 1. The van der Waals surface area contributed by atoms with Crippen LogP contribution >= 0.6 is 0 Å². The van der Waals surface area contributed by atoms with E-state index < -0.39 is 17.7 Å². The number of alkyl carbamates (subject to hydrolysis) is 1. The van der Waals surface area contributed by atoms with Gasteiger partial charge in [0.1, 0.15) is 11.6 Å². The molecular weight excluding hydrogens is 382 g/mol. The van der Waals surface area contributed by atoms with Crippen molar-refractivity contribution >= 4 is 22.9 Å². The Morgan fingerprint density at radius 2 is 2.00 bits per heavy atom. The zero-order valence-electron chi connectivity index (χ0n) is 17.9. The Kier molecular flexibility index (Phi) is 6.44. The lowest BCUT2D eigenvalue weighted by molar-refractivity contribution is -0.123. The first-order valence-corrected chi connectivity index (χ1v) is 9.99. The predicted octanol–water partition coefficient (Wildman–Crippen LogP) is 2.63. The van der Waals surface area contributed by atoms with Gasteiger partial charge >= 0.3 is 6.09 Å². The maximum atomic E-state index is 12.9. The van der Waals surface area contributed by atoms with E-state index in [2.05, 4.69) is 15.6 Å². The molecule has 0 radical (unpaired) electrons. The van der Waals surface area contributed by atoms with Crippen molar-refractivity contribution < 1.29 is 14.3 Å². The number of benzene rings is 1. The summed E-state index contributed by atoms with van der Waals surface area (Å²) in [5, 5.41) is 6.70. The smallest absolute Gasteiger partial charge is 0.408 e. The van der Waals surface area contributed by atoms with Gasteiger partial charge in [-0.1, -0.05) is 18.2 Å². The van der Waals surface area contributed by atoms with Crippen molar-refractivity contribution in [3.63, 3.8) is 0 Å². The number of ether oxygens (including phenoxy) is 1. The number of fused-ring (bicyclic) bond motifs is 1. The second kappa shape index (κ2) is 9.02. The maximum Gasteiger partial charge on any atom is 0.408 e. The molecule has 8 heteroatoms. The fraction of sp³-hybridized carbons (Fsp3) is 0.409. The lowest BCUT2D eigenvalue weighted by Gasteiger charge is -2.23. The highest BCUT2D eigenvalue weighted by Gasteiger charge is 2.25. The van der Waals surface area contributed by atoms with Gasteiger partial charge < -0.3 is 24.5 Å². The summed E-state index contributed by atoms with van der Waals surface area (Å²) in [4.78, 5) is 29.3. The second-order valence-corrected chi connectivity index (χ2v) is 8.28. The molecule has 0 fully saturated rings. The van der Waals surface area contributed by atoms with Crippen LogP contribution in [0, 0.1) is 0 Å². The number of carbonyl (C=O) groups excluding carboxylic acids is 2. The molecule has 3 aromatic rings. The zero-order chi connectivity index (χ0) is 21.7. The first-order chi connectivity index (χ1) is 14.2. The highest BCUT2D eigenvalue weighted by atomic mass is 16.6. The number of rotatable bonds is 7. The molecule has 2 aromatic heterocycles. The van der Waals surface area contributed by atoms with Crippen molar-refractivity contribution in [3.05, 3.63) is 54.7 Å². The Labute approximate surface area is 176 Å². The van der Waals surface area contributed by atoms with Gasteiger partial charge in [-0.2, -0.15) is 0 Å². The van der Waals surface area contributed by atoms with Crippen LogP contribution in [0.3, 0.4) is 0 Å². The number of hydrogen-bond donors (Lipinski definition) is 2. The number of aromatic nitrogens is 3. The molecule has 0 aliphatic rings. The summed E-state index contributed by atoms with van der Waals surface area (Å²) in [6.45, 7) is 6.39. The van der Waals surface area contributed by atoms with E-state index in [4.69, 9.17) is 4.74 Å². The summed E-state index contributed by atoms with van der Waals surface area (Å²) in [5.41, 5.74) is 1.41. The Hall–Kier alpha value is -3.29. The molecular formula is C22H29N5O3. The maximum absolute atomic E-state index is 12.9. The first-order valence-electron chi connectivity index (χ1n) is 9.99. The highest BCUT2D eigenvalue weighted by molar-refractivity contribution is 5.88. The number of nitrogens with zero attached hydrogens (tertiary/aromatic N) is 3. The molecule has 30 heavy (non-hydrogen) atoms. The van der Waals surface area contributed by atoms with Gasteiger partial charge in [0.25, 0.3) is 0 Å². The molecule has 2 amide bonds. The number of para-hydroxylation sites is 1. The quantitative estimate of drug-likeness (QED) is 0.625. The molecule has 0 saturated carbocycles. The van der Waals surface area contributed by atoms with Crippen molar-refractivity contribution in [1.82, 2.24) is 24.8 Å². The first kappa shape index (κ1) is 21.4. The number of imidazole rings is 1. The monoisotopic (exact) mass is 411 g/mol. The largest absolute Gasteiger partial charge is 0.444 e. The van der Waals surface area contributed by atoms with Gasteiger partial charge in [-0.3, -0.25) is 4.79 Å². The fourth-order valence-electron chi connectivity index (χ4n) is 3.32. The van der Waals surface area contributed by atoms with E-state index >= 15 is 0 Å². The van der Waals surface area contributed by atoms with E-state index in [-0.39, 0.29) is 5.91 Å². The van der Waals surface area contributed by atoms with Crippen LogP contribution in [0.5, 0.6) is 0 Å². The molecule has 0 spiro atoms. The molecule has 1 aromatic carbocycles. The number of hydrogen-bond acceptors (Lipinski definition) is 4. The van der Waals surface area contributed by atoms with Crippen LogP contribution in [0.15, 0.2) is 49.2 Å². The minimum atomic E-state index is -0.756. The Balaban J connectivity index is 1.73. The number of carbonyl (C=O) groups is 2. The van der Waals surface area contributed by atoms with Crippen LogP contribution < -0.4 is 10.6 Å². The normalized spacial score (nSPS) is 12.5. The summed E-state index contributed by atoms with van der Waals surface area (Å²) < 4.78 is 9.26. The minimum absolute atomic E-state index is 0.256. The summed E-state index contributed by atoms with van der Waals surface area (Å²) in [6, 6.07) is 7.24. The molecule has 8 nitrogen and oxygen atoms in total. The molecule has 0 saturated heterocycles. The van der Waals surface area contributed by atoms with E-state index in [1.807, 2.05) is 52.8 Å². The van der Waals surface area contributed by atoms with Crippen LogP contribution in [0.25, 0.3) is 10.9 Å². The van der Waals surface area contributed by atoms with Gasteiger partial charge in [0.05, 0.1) is 6.33 Å². The SMILES string of the molecule is Cn1cc(C[C@@H](NC(=O)OC(C)(C)C)C(=O)NCCn2ccnc2)c2ccccc21. The lowest BCUT2D eigenvalue weighted by Crippen LogP contribution is -2.49. The van der Waals surface area contributed by atoms with E-state index in [0.29, 0.717) is 19.5 Å². The predicted molar refractivity (Wildman–Crippen MR) is 115 cm³/mol. The molecule has 0 aliphatic carbocycles. The van der Waals surface area contributed by atoms with Crippen LogP contribution in [0.2, 0.25) is 0 Å². The third-order valence-electron chi connectivity index (χ3n) is 4.64. The van der Waals surface area contributed by atoms with Crippen LogP contribution in [0.4, 0.5) is 4.79 Å². The summed E-state index contributed by atoms with van der Waals surface area (Å²) >= 11 is 0. The standard InChI is InChI=1S/C22H29N5O3/c1-22(2,3)30-21(29)25-18(20(28)24-10-12-27-11-9-23-15-27)13-16-14-26(4)19-8-6-5-7-17(16)19/h5-9,11,14-15,18H,10,12-13H2,1-4H3,(H,24,28)(H,25,29)/t18-/m1/s1. The van der Waals surface area contributed by atoms with Crippen molar-refractivity contribution in [2.45, 2.75) is 45.4 Å². The van der Waals surface area contributed by atoms with Crippen molar-refractivity contribution in [3.8, 4) is 0 Å². The summed E-state index contributed by atoms with van der Waals surface area (Å²) in [6.07, 6.45) is 6.95. The van der Waals surface area contributed by atoms with Crippen LogP contribution in [-0.2, 0) is 29.5 Å². The topological polar surface area (TPSA) is 90.2 Å². The zero-order valence-corrected chi connectivity index (χ0v) is 17.9. The van der Waals surface area contributed by atoms with E-state index in [0.717, 1.165) is 16.5 Å². The highest BCUT2D eigenvalue weighted by Crippen LogP contribution is 2.21. The second-order valence-electron chi connectivity index (χ2n) is 8.28. The van der Waals surface area contributed by atoms with Crippen molar-refractivity contribution in [1.29, 1.82) is 0 Å². The molecule has 0 aliphatic heterocycles. The van der Waals surface area contributed by atoms with Gasteiger partial charge in [0.15, 0.2) is 0 Å². The fourth-order valence-corrected chi connectivity index (χ4v) is 3.32. The Morgan fingerprint density at radius 1 is 1.23 bits per heavy atom. The van der Waals surface area contributed by atoms with Gasteiger partial charge in [0.2, 0.25) is 5.91 Å². The molecule has 160 valence electrons. The molecule has 3 rings (SSSR count). The summed E-state index contributed by atoms with van der Waals surface area (Å²) in [5.74, 6) is -0.256. The van der Waals surface area contributed by atoms with Gasteiger partial charge in [-0.05, 0) is 32.4 Å². The van der Waals surface area contributed by atoms with Crippen molar-refractivity contribution in [2.24, 2.45) is 7.05 Å². The Bertz CT molecular complexity index is 1000. The van der Waals surface area contributed by atoms with E-state index in [1.54, 1.807) is 33.3 Å². The van der Waals surface area contributed by atoms with Crippen LogP contribution in [-0.4, -0.2) is 44.3 Å². The van der Waals surface area contributed by atoms with E-state index in [1.165, 1.54) is 0 Å². The molecule has 2 heterocycles. The average molecular weight is 412 g/mol. The van der Waals surface area contributed by atoms with Crippen LogP contribution in [0.1, 0.15) is 26.3 Å². The Morgan fingerprint density at radius 3 is 2.70 bits per heavy atom. The van der Waals surface area contributed by atoms with Crippen molar-refractivity contribution in [2.75, 3.05) is 6.54 Å². The van der Waals surface area contributed by atoms with Gasteiger partial charge in [0, 0.05) is 56.1 Å². The summed E-state index contributed by atoms with van der Waals surface area (Å²) in [7, 11) is 1.97.